The smallest absolute Gasteiger partial charge is 0.441 e. The SMILES string of the molecule is CC(C)(C)C1CC1(C)OC(=O)N=S(=O)=O. The molecule has 15 heavy (non-hydrogen) atoms. The van der Waals surface area contributed by atoms with E-state index in [-0.39, 0.29) is 11.3 Å². The molecule has 0 aromatic heterocycles. The Morgan fingerprint density at radius 2 is 2.00 bits per heavy atom. The van der Waals surface area contributed by atoms with E-state index in [1.54, 1.807) is 6.92 Å². The van der Waals surface area contributed by atoms with Crippen LogP contribution in [0, 0.1) is 11.3 Å². The van der Waals surface area contributed by atoms with E-state index in [4.69, 9.17) is 4.74 Å². The van der Waals surface area contributed by atoms with E-state index in [1.807, 2.05) is 0 Å². The fourth-order valence-corrected chi connectivity index (χ4v) is 2.12. The van der Waals surface area contributed by atoms with Crippen LogP contribution >= 0.6 is 0 Å². The quantitative estimate of drug-likeness (QED) is 0.694. The highest BCUT2D eigenvalue weighted by Crippen LogP contribution is 2.56. The molecule has 5 nitrogen and oxygen atoms in total. The van der Waals surface area contributed by atoms with Crippen LogP contribution < -0.4 is 0 Å². The van der Waals surface area contributed by atoms with Crippen molar-refractivity contribution in [1.29, 1.82) is 0 Å². The zero-order valence-electron chi connectivity index (χ0n) is 9.27. The number of ether oxygens (including phenoxy) is 1. The molecule has 0 saturated heterocycles. The van der Waals surface area contributed by atoms with Gasteiger partial charge in [0.15, 0.2) is 0 Å². The first-order chi connectivity index (χ1) is 6.65. The zero-order valence-corrected chi connectivity index (χ0v) is 10.1. The molecule has 1 amide bonds. The van der Waals surface area contributed by atoms with Gasteiger partial charge in [-0.3, -0.25) is 0 Å². The summed E-state index contributed by atoms with van der Waals surface area (Å²) in [5.74, 6) is 0.254. The molecule has 1 aliphatic rings. The largest absolute Gasteiger partial charge is 0.449 e. The third kappa shape index (κ3) is 3.02. The Labute approximate surface area is 90.5 Å². The Morgan fingerprint density at radius 3 is 2.33 bits per heavy atom. The third-order valence-electron chi connectivity index (χ3n) is 2.70. The number of amides is 1. The lowest BCUT2D eigenvalue weighted by atomic mass is 9.88. The summed E-state index contributed by atoms with van der Waals surface area (Å²) in [4.78, 5) is 11.0. The molecule has 2 atom stereocenters. The van der Waals surface area contributed by atoms with Crippen molar-refractivity contribution in [3.05, 3.63) is 0 Å². The molecular weight excluding hydrogens is 218 g/mol. The highest BCUT2D eigenvalue weighted by atomic mass is 32.2. The summed E-state index contributed by atoms with van der Waals surface area (Å²) in [5.41, 5.74) is -0.510. The van der Waals surface area contributed by atoms with Crippen molar-refractivity contribution >= 4 is 16.6 Å². The van der Waals surface area contributed by atoms with Crippen molar-refractivity contribution in [2.24, 2.45) is 15.7 Å². The average molecular weight is 233 g/mol. The van der Waals surface area contributed by atoms with Crippen molar-refractivity contribution in [3.63, 3.8) is 0 Å². The first-order valence-electron chi connectivity index (χ1n) is 4.69. The van der Waals surface area contributed by atoms with Crippen LogP contribution in [-0.2, 0) is 15.2 Å². The average Bonchev–Trinajstić information content (AvgIpc) is 2.57. The second-order valence-electron chi connectivity index (χ2n) is 5.11. The lowest BCUT2D eigenvalue weighted by molar-refractivity contribution is 0.0769. The number of nitrogens with zero attached hydrogens (tertiary/aromatic N) is 1. The van der Waals surface area contributed by atoms with Gasteiger partial charge in [0.05, 0.1) is 0 Å². The first-order valence-corrected chi connectivity index (χ1v) is 5.72. The molecule has 1 fully saturated rings. The third-order valence-corrected chi connectivity index (χ3v) is 3.00. The van der Waals surface area contributed by atoms with Crippen LogP contribution in [0.25, 0.3) is 0 Å². The topological polar surface area (TPSA) is 72.8 Å². The Kier molecular flexibility index (Phi) is 2.91. The summed E-state index contributed by atoms with van der Waals surface area (Å²) < 4.78 is 28.0. The van der Waals surface area contributed by atoms with Crippen LogP contribution in [0.3, 0.4) is 0 Å². The van der Waals surface area contributed by atoms with E-state index in [0.717, 1.165) is 6.42 Å². The maximum atomic E-state index is 11.0. The molecule has 0 bridgehead atoms. The Balaban J connectivity index is 2.63. The van der Waals surface area contributed by atoms with Crippen LogP contribution in [0.1, 0.15) is 34.1 Å². The van der Waals surface area contributed by atoms with Gasteiger partial charge >= 0.3 is 16.6 Å². The Hall–Kier alpha value is -0.910. The van der Waals surface area contributed by atoms with Gasteiger partial charge < -0.3 is 4.74 Å². The minimum absolute atomic E-state index is 0.0473. The van der Waals surface area contributed by atoms with E-state index in [1.165, 1.54) is 0 Å². The van der Waals surface area contributed by atoms with Gasteiger partial charge in [-0.05, 0) is 18.8 Å². The second-order valence-corrected chi connectivity index (χ2v) is 5.73. The molecule has 0 N–H and O–H groups in total. The van der Waals surface area contributed by atoms with Gasteiger partial charge in [-0.1, -0.05) is 25.1 Å². The van der Waals surface area contributed by atoms with Crippen molar-refractivity contribution in [1.82, 2.24) is 0 Å². The van der Waals surface area contributed by atoms with Gasteiger partial charge in [0.2, 0.25) is 0 Å². The molecule has 0 spiro atoms. The maximum Gasteiger partial charge on any atom is 0.449 e. The summed E-state index contributed by atoms with van der Waals surface area (Å²) in [5, 5.41) is 0. The van der Waals surface area contributed by atoms with E-state index in [0.29, 0.717) is 0 Å². The Morgan fingerprint density at radius 1 is 1.47 bits per heavy atom. The van der Waals surface area contributed by atoms with Crippen molar-refractivity contribution < 1.29 is 17.9 Å². The van der Waals surface area contributed by atoms with Gasteiger partial charge in [0.1, 0.15) is 5.60 Å². The van der Waals surface area contributed by atoms with Gasteiger partial charge in [-0.2, -0.15) is 8.42 Å². The van der Waals surface area contributed by atoms with Crippen LogP contribution in [-0.4, -0.2) is 20.1 Å². The first kappa shape index (κ1) is 12.2. The molecule has 0 radical (unpaired) electrons. The summed E-state index contributed by atoms with van der Waals surface area (Å²) in [6, 6.07) is 0. The maximum absolute atomic E-state index is 11.0. The number of hydrogen-bond donors (Lipinski definition) is 0. The van der Waals surface area contributed by atoms with Gasteiger partial charge in [-0.15, -0.1) is 0 Å². The normalized spacial score (nSPS) is 29.5. The molecule has 1 aliphatic carbocycles. The summed E-state index contributed by atoms with van der Waals surface area (Å²) >= 11 is 0. The number of carbonyl (C=O) groups is 1. The molecule has 2 unspecified atom stereocenters. The highest BCUT2D eigenvalue weighted by Gasteiger charge is 2.59. The zero-order chi connectivity index (χ0) is 11.9. The second kappa shape index (κ2) is 3.59. The minimum Gasteiger partial charge on any atom is -0.441 e. The van der Waals surface area contributed by atoms with Crippen LogP contribution in [0.4, 0.5) is 4.79 Å². The fraction of sp³-hybridized carbons (Fsp3) is 0.889. The van der Waals surface area contributed by atoms with E-state index in [9.17, 15) is 13.2 Å². The Bertz CT molecular complexity index is 398. The molecule has 0 aliphatic heterocycles. The molecular formula is C9H15NO4S. The van der Waals surface area contributed by atoms with Crippen LogP contribution in [0.15, 0.2) is 4.36 Å². The van der Waals surface area contributed by atoms with E-state index in [2.05, 4.69) is 25.1 Å². The molecule has 1 rings (SSSR count). The lowest BCUT2D eigenvalue weighted by Gasteiger charge is -2.21. The predicted molar refractivity (Wildman–Crippen MR) is 53.8 cm³/mol. The minimum atomic E-state index is -2.73. The standard InChI is InChI=1S/C9H15NO4S/c1-8(2,3)6-5-9(6,4)14-7(11)10-15(12)13/h6H,5H2,1-4H3. The van der Waals surface area contributed by atoms with Crippen LogP contribution in [0.2, 0.25) is 0 Å². The van der Waals surface area contributed by atoms with Crippen molar-refractivity contribution in [3.8, 4) is 0 Å². The summed E-state index contributed by atoms with van der Waals surface area (Å²) in [6.07, 6.45) is -0.277. The molecule has 6 heteroatoms. The molecule has 0 heterocycles. The van der Waals surface area contributed by atoms with Gasteiger partial charge in [0, 0.05) is 5.92 Å². The number of hydrogen-bond acceptors (Lipinski definition) is 4. The number of rotatable bonds is 1. The van der Waals surface area contributed by atoms with Gasteiger partial charge in [-0.25, -0.2) is 4.79 Å². The summed E-state index contributed by atoms with van der Waals surface area (Å²) in [6.45, 7) is 7.96. The van der Waals surface area contributed by atoms with Crippen LogP contribution in [0.5, 0.6) is 0 Å². The van der Waals surface area contributed by atoms with E-state index < -0.39 is 22.2 Å². The molecule has 0 aromatic rings. The summed E-state index contributed by atoms with van der Waals surface area (Å²) in [7, 11) is -2.73. The monoisotopic (exact) mass is 233 g/mol. The van der Waals surface area contributed by atoms with Crippen molar-refractivity contribution in [2.45, 2.75) is 39.7 Å². The predicted octanol–water partition coefficient (Wildman–Crippen LogP) is 2.01. The highest BCUT2D eigenvalue weighted by molar-refractivity contribution is 7.62. The van der Waals surface area contributed by atoms with E-state index >= 15 is 0 Å². The lowest BCUT2D eigenvalue weighted by Crippen LogP contribution is -2.22. The molecule has 1 saturated carbocycles. The molecule has 86 valence electrons. The van der Waals surface area contributed by atoms with Crippen molar-refractivity contribution in [2.75, 3.05) is 0 Å². The number of carbonyl (C=O) groups excluding carboxylic acids is 1. The fourth-order valence-electron chi connectivity index (χ4n) is 1.96. The molecule has 0 aromatic carbocycles. The van der Waals surface area contributed by atoms with Gasteiger partial charge in [0.25, 0.3) is 0 Å².